The predicted molar refractivity (Wildman–Crippen MR) is 58.0 cm³/mol. The minimum atomic E-state index is -0.0336. The zero-order valence-corrected chi connectivity index (χ0v) is 9.36. The summed E-state index contributed by atoms with van der Waals surface area (Å²) in [5.41, 5.74) is 15.5. The van der Waals surface area contributed by atoms with Crippen LogP contribution in [0.25, 0.3) is 0 Å². The first-order valence-corrected chi connectivity index (χ1v) is 5.03. The van der Waals surface area contributed by atoms with Crippen molar-refractivity contribution in [3.63, 3.8) is 0 Å². The van der Waals surface area contributed by atoms with E-state index in [0.29, 0.717) is 5.82 Å². The molecule has 2 atom stereocenters. The normalized spacial score (nSPS) is 41.7. The Balaban J connectivity index is 2.65. The predicted octanol–water partition coefficient (Wildman–Crippen LogP) is 1.18. The second-order valence-electron chi connectivity index (χ2n) is 5.04. The van der Waals surface area contributed by atoms with Crippen LogP contribution in [0, 0.1) is 5.41 Å². The van der Waals surface area contributed by atoms with Gasteiger partial charge in [-0.1, -0.05) is 12.5 Å². The molecule has 3 heteroatoms. The molecular weight excluding hydrogens is 174 g/mol. The molecule has 0 saturated carbocycles. The molecule has 0 radical (unpaired) electrons. The highest BCUT2D eigenvalue weighted by atomic mass is 15.1. The van der Waals surface area contributed by atoms with Crippen molar-refractivity contribution in [3.05, 3.63) is 22.7 Å². The third kappa shape index (κ3) is 0.825. The molecule has 2 aliphatic rings. The summed E-state index contributed by atoms with van der Waals surface area (Å²) in [6.45, 7) is 8.70. The first kappa shape index (κ1) is 9.44. The zero-order chi connectivity index (χ0) is 10.7. The summed E-state index contributed by atoms with van der Waals surface area (Å²) in [5.74, 6) is 0.650. The molecule has 0 spiro atoms. The van der Waals surface area contributed by atoms with Gasteiger partial charge in [-0.2, -0.15) is 0 Å². The lowest BCUT2D eigenvalue weighted by Gasteiger charge is -2.39. The third-order valence-electron chi connectivity index (χ3n) is 4.22. The van der Waals surface area contributed by atoms with Crippen molar-refractivity contribution in [3.8, 4) is 0 Å². The van der Waals surface area contributed by atoms with Crippen molar-refractivity contribution in [2.75, 3.05) is 0 Å². The number of rotatable bonds is 0. The molecule has 14 heavy (non-hydrogen) atoms. The van der Waals surface area contributed by atoms with E-state index in [1.807, 2.05) is 0 Å². The maximum absolute atomic E-state index is 6.06. The minimum absolute atomic E-state index is 0.00574. The van der Waals surface area contributed by atoms with Crippen LogP contribution in [0.1, 0.15) is 34.1 Å². The van der Waals surface area contributed by atoms with Gasteiger partial charge in [0.15, 0.2) is 0 Å². The Morgan fingerprint density at radius 1 is 1.14 bits per heavy atom. The van der Waals surface area contributed by atoms with Gasteiger partial charge in [0.25, 0.3) is 0 Å². The van der Waals surface area contributed by atoms with Crippen LogP contribution in [0.5, 0.6) is 0 Å². The topological polar surface area (TPSA) is 64.1 Å². The molecule has 0 aromatic rings. The number of allylic oxidation sites excluding steroid dienone is 1. The molecule has 2 bridgehead atoms. The van der Waals surface area contributed by atoms with Gasteiger partial charge in [-0.25, -0.2) is 0 Å². The summed E-state index contributed by atoms with van der Waals surface area (Å²) in [6.07, 6.45) is 1.02. The van der Waals surface area contributed by atoms with Gasteiger partial charge in [0.2, 0.25) is 0 Å². The van der Waals surface area contributed by atoms with E-state index >= 15 is 0 Å². The monoisotopic (exact) mass is 193 g/mol. The van der Waals surface area contributed by atoms with Crippen LogP contribution in [0.4, 0.5) is 0 Å². The Kier molecular flexibility index (Phi) is 1.53. The average Bonchev–Trinajstić information content (AvgIpc) is 2.24. The number of hydrogen-bond acceptors (Lipinski definition) is 3. The first-order chi connectivity index (χ1) is 6.31. The molecule has 2 rings (SSSR count). The molecule has 2 unspecified atom stereocenters. The van der Waals surface area contributed by atoms with E-state index in [1.54, 1.807) is 0 Å². The van der Waals surface area contributed by atoms with E-state index in [0.717, 1.165) is 12.1 Å². The van der Waals surface area contributed by atoms with E-state index in [4.69, 9.17) is 11.5 Å². The van der Waals surface area contributed by atoms with Crippen LogP contribution in [0.2, 0.25) is 0 Å². The molecule has 0 fully saturated rings. The summed E-state index contributed by atoms with van der Waals surface area (Å²) >= 11 is 0. The molecule has 5 N–H and O–H groups in total. The number of nitrogens with two attached hydrogens (primary N) is 2. The van der Waals surface area contributed by atoms with E-state index in [2.05, 4.69) is 33.0 Å². The fraction of sp³-hybridized carbons (Fsp3) is 0.636. The van der Waals surface area contributed by atoms with Gasteiger partial charge in [0.05, 0.1) is 11.2 Å². The zero-order valence-electron chi connectivity index (χ0n) is 9.36. The van der Waals surface area contributed by atoms with E-state index in [1.165, 1.54) is 11.1 Å². The second kappa shape index (κ2) is 2.27. The van der Waals surface area contributed by atoms with Crippen molar-refractivity contribution < 1.29 is 0 Å². The highest BCUT2D eigenvalue weighted by molar-refractivity contribution is 5.46. The molecule has 0 aromatic carbocycles. The smallest absolute Gasteiger partial charge is 0.117 e. The van der Waals surface area contributed by atoms with Crippen molar-refractivity contribution in [1.82, 2.24) is 5.32 Å². The summed E-state index contributed by atoms with van der Waals surface area (Å²) in [5, 5.41) is 3.31. The maximum Gasteiger partial charge on any atom is 0.117 e. The second-order valence-corrected chi connectivity index (χ2v) is 5.04. The maximum atomic E-state index is 6.06. The van der Waals surface area contributed by atoms with Crippen molar-refractivity contribution in [2.45, 2.75) is 39.7 Å². The molecule has 1 aliphatic heterocycles. The van der Waals surface area contributed by atoms with Gasteiger partial charge >= 0.3 is 0 Å². The highest BCUT2D eigenvalue weighted by Gasteiger charge is 2.51. The van der Waals surface area contributed by atoms with Gasteiger partial charge < -0.3 is 16.8 Å². The van der Waals surface area contributed by atoms with Crippen LogP contribution < -0.4 is 16.8 Å². The Morgan fingerprint density at radius 2 is 1.71 bits per heavy atom. The number of fused-ring (bicyclic) bond motifs is 2. The fourth-order valence-electron chi connectivity index (χ4n) is 2.90. The van der Waals surface area contributed by atoms with Gasteiger partial charge in [-0.3, -0.25) is 0 Å². The van der Waals surface area contributed by atoms with Crippen LogP contribution >= 0.6 is 0 Å². The SMILES string of the molecule is CC1=C(C)C2(C)CC1(C)NC(N)=C2N. The van der Waals surface area contributed by atoms with Crippen LogP contribution in [-0.2, 0) is 0 Å². The highest BCUT2D eigenvalue weighted by Crippen LogP contribution is 2.53. The lowest BCUT2D eigenvalue weighted by Crippen LogP contribution is -2.50. The molecule has 0 amide bonds. The molecule has 3 nitrogen and oxygen atoms in total. The van der Waals surface area contributed by atoms with Crippen LogP contribution in [-0.4, -0.2) is 5.54 Å². The summed E-state index contributed by atoms with van der Waals surface area (Å²) in [6, 6.07) is 0. The number of nitrogens with one attached hydrogen (secondary N) is 1. The molecular formula is C11H19N3. The minimum Gasteiger partial charge on any atom is -0.398 e. The molecule has 1 aliphatic carbocycles. The lowest BCUT2D eigenvalue weighted by molar-refractivity contribution is 0.311. The Labute approximate surface area is 85.2 Å². The number of hydrogen-bond donors (Lipinski definition) is 3. The lowest BCUT2D eigenvalue weighted by atomic mass is 9.76. The molecule has 1 heterocycles. The van der Waals surface area contributed by atoms with Crippen molar-refractivity contribution in [2.24, 2.45) is 16.9 Å². The Morgan fingerprint density at radius 3 is 2.29 bits per heavy atom. The van der Waals surface area contributed by atoms with Gasteiger partial charge in [0.1, 0.15) is 5.82 Å². The molecule has 0 aromatic heterocycles. The average molecular weight is 193 g/mol. The van der Waals surface area contributed by atoms with Gasteiger partial charge in [-0.05, 0) is 32.8 Å². The first-order valence-electron chi connectivity index (χ1n) is 5.03. The van der Waals surface area contributed by atoms with Crippen LogP contribution in [0.3, 0.4) is 0 Å². The third-order valence-corrected chi connectivity index (χ3v) is 4.22. The summed E-state index contributed by atoms with van der Waals surface area (Å²) in [7, 11) is 0. The van der Waals surface area contributed by atoms with E-state index in [9.17, 15) is 0 Å². The Hall–Kier alpha value is -1.12. The van der Waals surface area contributed by atoms with E-state index in [-0.39, 0.29) is 11.0 Å². The van der Waals surface area contributed by atoms with Gasteiger partial charge in [-0.15, -0.1) is 0 Å². The molecule has 0 saturated heterocycles. The Bertz CT molecular complexity index is 367. The summed E-state index contributed by atoms with van der Waals surface area (Å²) < 4.78 is 0. The largest absolute Gasteiger partial charge is 0.398 e. The van der Waals surface area contributed by atoms with E-state index < -0.39 is 0 Å². The van der Waals surface area contributed by atoms with Crippen molar-refractivity contribution in [1.29, 1.82) is 0 Å². The quantitative estimate of drug-likeness (QED) is 0.506. The van der Waals surface area contributed by atoms with Crippen LogP contribution in [0.15, 0.2) is 22.7 Å². The fourth-order valence-corrected chi connectivity index (χ4v) is 2.90. The standard InChI is InChI=1S/C11H19N3/c1-6-7(2)11(4)5-10(6,3)8(12)9(13)14-11/h14H,5,12-13H2,1-4H3. The molecule has 78 valence electrons. The van der Waals surface area contributed by atoms with Gasteiger partial charge in [0, 0.05) is 5.41 Å². The van der Waals surface area contributed by atoms with Crippen molar-refractivity contribution >= 4 is 0 Å². The summed E-state index contributed by atoms with van der Waals surface area (Å²) in [4.78, 5) is 0.